The number of nitrogens with zero attached hydrogens (tertiary/aromatic N) is 4. The van der Waals surface area contributed by atoms with Gasteiger partial charge in [-0.1, -0.05) is 32.9 Å². The topological polar surface area (TPSA) is 48.9 Å². The minimum absolute atomic E-state index is 0.0183. The highest BCUT2D eigenvalue weighted by atomic mass is 16.5. The Balaban J connectivity index is 1.49. The van der Waals surface area contributed by atoms with Crippen molar-refractivity contribution in [3.63, 3.8) is 0 Å². The molecule has 0 spiro atoms. The van der Waals surface area contributed by atoms with Gasteiger partial charge in [-0.2, -0.15) is 0 Å². The van der Waals surface area contributed by atoms with Crippen LogP contribution in [-0.2, 0) is 21.4 Å². The fraction of sp³-hybridized carbons (Fsp3) is 0.520. The summed E-state index contributed by atoms with van der Waals surface area (Å²) < 4.78 is 5.93. The molecule has 2 aliphatic rings. The van der Waals surface area contributed by atoms with Crippen molar-refractivity contribution in [2.75, 3.05) is 56.2 Å². The highest BCUT2D eigenvalue weighted by Crippen LogP contribution is 2.28. The third-order valence-corrected chi connectivity index (χ3v) is 6.31. The van der Waals surface area contributed by atoms with Crippen molar-refractivity contribution < 1.29 is 9.53 Å². The van der Waals surface area contributed by atoms with Gasteiger partial charge in [0.25, 0.3) is 5.91 Å². The summed E-state index contributed by atoms with van der Waals surface area (Å²) in [5.74, 6) is 0.0183. The van der Waals surface area contributed by atoms with Crippen molar-refractivity contribution in [3.8, 4) is 0 Å². The predicted octanol–water partition coefficient (Wildman–Crippen LogP) is 3.11. The molecule has 0 bridgehead atoms. The number of ether oxygens (including phenoxy) is 1. The fourth-order valence-electron chi connectivity index (χ4n) is 4.28. The van der Waals surface area contributed by atoms with E-state index in [0.717, 1.165) is 43.2 Å². The molecule has 1 amide bonds. The Morgan fingerprint density at radius 3 is 2.42 bits per heavy atom. The molecule has 0 saturated carbocycles. The SMILES string of the molecule is CN1CCN(c2cccnc2CC2OCCN(c3ccc(C(C)(C)C)cc3)C2=O)CC1. The number of hydrogen-bond acceptors (Lipinski definition) is 5. The summed E-state index contributed by atoms with van der Waals surface area (Å²) >= 11 is 0. The molecule has 2 aliphatic heterocycles. The van der Waals surface area contributed by atoms with E-state index in [-0.39, 0.29) is 11.3 Å². The van der Waals surface area contributed by atoms with Crippen molar-refractivity contribution >= 4 is 17.3 Å². The van der Waals surface area contributed by atoms with E-state index in [4.69, 9.17) is 4.74 Å². The van der Waals surface area contributed by atoms with Crippen LogP contribution >= 0.6 is 0 Å². The van der Waals surface area contributed by atoms with Crippen molar-refractivity contribution in [1.82, 2.24) is 9.88 Å². The number of carbonyl (C=O) groups is 1. The van der Waals surface area contributed by atoms with Crippen molar-refractivity contribution in [2.24, 2.45) is 0 Å². The monoisotopic (exact) mass is 422 g/mol. The first-order valence-corrected chi connectivity index (χ1v) is 11.2. The summed E-state index contributed by atoms with van der Waals surface area (Å²) in [6.45, 7) is 11.7. The van der Waals surface area contributed by atoms with Crippen LogP contribution in [0.25, 0.3) is 0 Å². The van der Waals surface area contributed by atoms with Gasteiger partial charge in [-0.3, -0.25) is 9.78 Å². The van der Waals surface area contributed by atoms with Crippen LogP contribution in [0.4, 0.5) is 11.4 Å². The Morgan fingerprint density at radius 1 is 1.03 bits per heavy atom. The number of aromatic nitrogens is 1. The third-order valence-electron chi connectivity index (χ3n) is 6.31. The molecule has 0 N–H and O–H groups in total. The summed E-state index contributed by atoms with van der Waals surface area (Å²) in [5.41, 5.74) is 4.36. The summed E-state index contributed by atoms with van der Waals surface area (Å²) in [7, 11) is 2.15. The van der Waals surface area contributed by atoms with Crippen LogP contribution in [0.2, 0.25) is 0 Å². The lowest BCUT2D eigenvalue weighted by Crippen LogP contribution is -2.49. The smallest absolute Gasteiger partial charge is 0.256 e. The molecule has 0 radical (unpaired) electrons. The first-order valence-electron chi connectivity index (χ1n) is 11.2. The Morgan fingerprint density at radius 2 is 1.74 bits per heavy atom. The molecule has 6 heteroatoms. The van der Waals surface area contributed by atoms with E-state index in [0.29, 0.717) is 19.6 Å². The van der Waals surface area contributed by atoms with Crippen LogP contribution < -0.4 is 9.80 Å². The van der Waals surface area contributed by atoms with Crippen molar-refractivity contribution in [2.45, 2.75) is 38.7 Å². The second-order valence-electron chi connectivity index (χ2n) is 9.61. The van der Waals surface area contributed by atoms with Crippen LogP contribution in [0.3, 0.4) is 0 Å². The number of benzene rings is 1. The number of hydrogen-bond donors (Lipinski definition) is 0. The minimum atomic E-state index is -0.503. The molecule has 3 heterocycles. The normalized spacial score (nSPS) is 20.9. The Hall–Kier alpha value is -2.44. The molecule has 1 aromatic carbocycles. The van der Waals surface area contributed by atoms with Gasteiger partial charge in [-0.15, -0.1) is 0 Å². The molecule has 2 saturated heterocycles. The van der Waals surface area contributed by atoms with Crippen LogP contribution in [-0.4, -0.2) is 68.3 Å². The average Bonchev–Trinajstić information content (AvgIpc) is 2.76. The maximum absolute atomic E-state index is 13.3. The Kier molecular flexibility index (Phi) is 6.30. The van der Waals surface area contributed by atoms with Gasteiger partial charge < -0.3 is 19.4 Å². The van der Waals surface area contributed by atoms with E-state index in [1.54, 1.807) is 0 Å². The molecule has 31 heavy (non-hydrogen) atoms. The van der Waals surface area contributed by atoms with Gasteiger partial charge in [0.05, 0.1) is 18.0 Å². The lowest BCUT2D eigenvalue weighted by atomic mass is 9.87. The van der Waals surface area contributed by atoms with Crippen molar-refractivity contribution in [3.05, 3.63) is 53.9 Å². The van der Waals surface area contributed by atoms with Crippen LogP contribution in [0.1, 0.15) is 32.0 Å². The molecule has 1 aromatic heterocycles. The number of carbonyl (C=O) groups excluding carboxylic acids is 1. The molecular formula is C25H34N4O2. The standard InChI is InChI=1S/C25H34N4O2/c1-25(2,3)19-7-9-20(10-8-19)29-16-17-31-23(24(29)30)18-21-22(6-5-11-26-21)28-14-12-27(4)13-15-28/h5-11,23H,12-18H2,1-4H3. The number of pyridine rings is 1. The Bertz CT molecular complexity index is 898. The minimum Gasteiger partial charge on any atom is -0.367 e. The Labute approximate surface area is 185 Å². The summed E-state index contributed by atoms with van der Waals surface area (Å²) in [6, 6.07) is 12.4. The first kappa shape index (κ1) is 21.8. The molecule has 2 fully saturated rings. The van der Waals surface area contributed by atoms with E-state index in [1.165, 1.54) is 5.56 Å². The zero-order chi connectivity index (χ0) is 22.0. The van der Waals surface area contributed by atoms with Crippen LogP contribution in [0, 0.1) is 0 Å². The number of likely N-dealkylation sites (N-methyl/N-ethyl adjacent to an activating group) is 1. The number of morpholine rings is 1. The number of rotatable bonds is 4. The molecule has 2 aromatic rings. The third kappa shape index (κ3) is 4.91. The van der Waals surface area contributed by atoms with E-state index < -0.39 is 6.10 Å². The van der Waals surface area contributed by atoms with Gasteiger partial charge in [0.1, 0.15) is 6.10 Å². The van der Waals surface area contributed by atoms with Gasteiger partial charge in [0.2, 0.25) is 0 Å². The summed E-state index contributed by atoms with van der Waals surface area (Å²) in [4.78, 5) is 24.5. The molecule has 6 nitrogen and oxygen atoms in total. The molecule has 0 aliphatic carbocycles. The van der Waals surface area contributed by atoms with Crippen molar-refractivity contribution in [1.29, 1.82) is 0 Å². The maximum Gasteiger partial charge on any atom is 0.256 e. The second-order valence-corrected chi connectivity index (χ2v) is 9.61. The van der Waals surface area contributed by atoms with E-state index >= 15 is 0 Å². The van der Waals surface area contributed by atoms with Gasteiger partial charge in [-0.25, -0.2) is 0 Å². The quantitative estimate of drug-likeness (QED) is 0.758. The number of anilines is 2. The summed E-state index contributed by atoms with van der Waals surface area (Å²) in [5, 5.41) is 0. The highest BCUT2D eigenvalue weighted by molar-refractivity contribution is 5.97. The largest absolute Gasteiger partial charge is 0.367 e. The summed E-state index contributed by atoms with van der Waals surface area (Å²) in [6.07, 6.45) is 1.81. The van der Waals surface area contributed by atoms with Gasteiger partial charge >= 0.3 is 0 Å². The number of piperazine rings is 1. The van der Waals surface area contributed by atoms with Gasteiger partial charge in [-0.05, 0) is 42.3 Å². The van der Waals surface area contributed by atoms with E-state index in [9.17, 15) is 4.79 Å². The molecule has 4 rings (SSSR count). The second kappa shape index (κ2) is 8.97. The lowest BCUT2D eigenvalue weighted by Gasteiger charge is -2.36. The average molecular weight is 423 g/mol. The first-order chi connectivity index (χ1) is 14.8. The van der Waals surface area contributed by atoms with E-state index in [1.807, 2.05) is 17.2 Å². The van der Waals surface area contributed by atoms with E-state index in [2.05, 4.69) is 72.9 Å². The molecule has 1 unspecified atom stereocenters. The number of amides is 1. The zero-order valence-electron chi connectivity index (χ0n) is 19.2. The molecule has 166 valence electrons. The molecular weight excluding hydrogens is 388 g/mol. The lowest BCUT2D eigenvalue weighted by molar-refractivity contribution is -0.133. The molecule has 1 atom stereocenters. The van der Waals surface area contributed by atoms with Gasteiger partial charge in [0, 0.05) is 51.0 Å². The maximum atomic E-state index is 13.3. The fourth-order valence-corrected chi connectivity index (χ4v) is 4.28. The predicted molar refractivity (Wildman–Crippen MR) is 125 cm³/mol. The highest BCUT2D eigenvalue weighted by Gasteiger charge is 2.32. The zero-order valence-corrected chi connectivity index (χ0v) is 19.2. The van der Waals surface area contributed by atoms with Crippen LogP contribution in [0.15, 0.2) is 42.6 Å². The van der Waals surface area contributed by atoms with Gasteiger partial charge in [0.15, 0.2) is 0 Å². The van der Waals surface area contributed by atoms with Crippen LogP contribution in [0.5, 0.6) is 0 Å².